The zero-order chi connectivity index (χ0) is 9.35. The van der Waals surface area contributed by atoms with Gasteiger partial charge in [0.2, 0.25) is 0 Å². The zero-order valence-electron chi connectivity index (χ0n) is 6.76. The van der Waals surface area contributed by atoms with Crippen LogP contribution in [0.3, 0.4) is 0 Å². The van der Waals surface area contributed by atoms with Crippen LogP contribution in [0.5, 0.6) is 11.5 Å². The number of benzene rings is 1. The van der Waals surface area contributed by atoms with Gasteiger partial charge in [0.05, 0.1) is 4.90 Å². The van der Waals surface area contributed by atoms with E-state index in [1.54, 1.807) is 0 Å². The molecule has 0 amide bonds. The Hall–Kier alpha value is -0.673. The van der Waals surface area contributed by atoms with Crippen LogP contribution in [0, 0.1) is 0 Å². The van der Waals surface area contributed by atoms with Crippen molar-refractivity contribution in [2.24, 2.45) is 0 Å². The Balaban J connectivity index is 0.00000144. The Labute approximate surface area is 86.9 Å². The summed E-state index contributed by atoms with van der Waals surface area (Å²) < 4.78 is 29.3. The number of aromatic hydroxyl groups is 1. The van der Waals surface area contributed by atoms with Crippen LogP contribution in [-0.4, -0.2) is 18.1 Å². The second kappa shape index (κ2) is 4.02. The van der Waals surface area contributed by atoms with E-state index >= 15 is 0 Å². The van der Waals surface area contributed by atoms with E-state index in [0.717, 1.165) is 18.2 Å². The monoisotopic (exact) mass is 196 g/mol. The van der Waals surface area contributed by atoms with Crippen molar-refractivity contribution < 1.29 is 42.0 Å². The molecule has 1 aromatic carbocycles. The smallest absolute Gasteiger partial charge is 0.872 e. The van der Waals surface area contributed by atoms with E-state index < -0.39 is 26.5 Å². The standard InChI is InChI=1S/C6H6O5S.Li/c7-4-1-5(8)3-6(2-4)12(9,10)11;/h1-3,7-8H,(H,9,10,11);/q;+1/p-1. The summed E-state index contributed by atoms with van der Waals surface area (Å²) in [6, 6.07) is 2.35. The fourth-order valence-electron chi connectivity index (χ4n) is 0.706. The van der Waals surface area contributed by atoms with Crippen molar-refractivity contribution in [2.45, 2.75) is 4.90 Å². The Kier molecular flexibility index (Phi) is 3.82. The Morgan fingerprint density at radius 1 is 1.23 bits per heavy atom. The molecule has 66 valence electrons. The molecule has 7 heteroatoms. The van der Waals surface area contributed by atoms with Gasteiger partial charge >= 0.3 is 18.9 Å². The maximum absolute atomic E-state index is 10.6. The van der Waals surface area contributed by atoms with Gasteiger partial charge in [-0.15, -0.1) is 5.75 Å². The van der Waals surface area contributed by atoms with Gasteiger partial charge in [0, 0.05) is 6.07 Å². The number of rotatable bonds is 1. The summed E-state index contributed by atoms with van der Waals surface area (Å²) in [5.74, 6) is -1.17. The first-order valence-corrected chi connectivity index (χ1v) is 4.32. The quantitative estimate of drug-likeness (QED) is 0.362. The number of phenolic OH excluding ortho intramolecular Hbond substituents is 1. The van der Waals surface area contributed by atoms with Crippen LogP contribution >= 0.6 is 0 Å². The third kappa shape index (κ3) is 3.28. The molecular formula is C6H5LiO5S. The normalized spacial score (nSPS) is 10.5. The molecule has 1 aromatic rings. The molecular weight excluding hydrogens is 191 g/mol. The molecule has 1 rings (SSSR count). The minimum atomic E-state index is -4.41. The molecule has 0 aromatic heterocycles. The third-order valence-electron chi connectivity index (χ3n) is 1.16. The predicted molar refractivity (Wildman–Crippen MR) is 37.4 cm³/mol. The van der Waals surface area contributed by atoms with Gasteiger partial charge < -0.3 is 10.2 Å². The van der Waals surface area contributed by atoms with E-state index in [4.69, 9.17) is 9.66 Å². The maximum atomic E-state index is 10.6. The molecule has 0 heterocycles. The van der Waals surface area contributed by atoms with E-state index in [9.17, 15) is 13.5 Å². The number of hydrogen-bond acceptors (Lipinski definition) is 4. The fraction of sp³-hybridized carbons (Fsp3) is 0. The van der Waals surface area contributed by atoms with Gasteiger partial charge in [-0.2, -0.15) is 8.42 Å². The Morgan fingerprint density at radius 2 is 1.77 bits per heavy atom. The largest absolute Gasteiger partial charge is 1.00 e. The molecule has 0 aliphatic rings. The van der Waals surface area contributed by atoms with Gasteiger partial charge in [0.25, 0.3) is 10.1 Å². The first-order chi connectivity index (χ1) is 5.39. The molecule has 13 heavy (non-hydrogen) atoms. The van der Waals surface area contributed by atoms with Crippen LogP contribution in [-0.2, 0) is 10.1 Å². The molecule has 0 radical (unpaired) electrons. The number of phenols is 1. The molecule has 0 unspecified atom stereocenters. The second-order valence-electron chi connectivity index (χ2n) is 2.14. The van der Waals surface area contributed by atoms with Gasteiger partial charge in [-0.05, 0) is 12.1 Å². The van der Waals surface area contributed by atoms with Crippen LogP contribution < -0.4 is 24.0 Å². The van der Waals surface area contributed by atoms with Gasteiger partial charge in [-0.3, -0.25) is 4.55 Å². The summed E-state index contributed by atoms with van der Waals surface area (Å²) >= 11 is 0. The molecule has 0 bridgehead atoms. The summed E-state index contributed by atoms with van der Waals surface area (Å²) in [4.78, 5) is -0.604. The third-order valence-corrected chi connectivity index (χ3v) is 1.99. The predicted octanol–water partition coefficient (Wildman–Crippen LogP) is -3.28. The maximum Gasteiger partial charge on any atom is 1.00 e. The SMILES string of the molecule is O=S(=O)(O)c1cc([O-])cc(O)c1.[Li+]. The van der Waals surface area contributed by atoms with Crippen LogP contribution in [0.1, 0.15) is 0 Å². The topological polar surface area (TPSA) is 97.7 Å². The van der Waals surface area contributed by atoms with Crippen LogP contribution in [0.25, 0.3) is 0 Å². The Bertz CT molecular complexity index is 379. The summed E-state index contributed by atoms with van der Waals surface area (Å²) in [5, 5.41) is 19.4. The van der Waals surface area contributed by atoms with Crippen molar-refractivity contribution in [3.8, 4) is 11.5 Å². The molecule has 0 aliphatic carbocycles. The summed E-state index contributed by atoms with van der Waals surface area (Å²) in [5.41, 5.74) is 0. The van der Waals surface area contributed by atoms with Crippen molar-refractivity contribution in [2.75, 3.05) is 0 Å². The van der Waals surface area contributed by atoms with E-state index in [1.165, 1.54) is 0 Å². The molecule has 5 nitrogen and oxygen atoms in total. The van der Waals surface area contributed by atoms with Crippen LogP contribution in [0.4, 0.5) is 0 Å². The summed E-state index contributed by atoms with van der Waals surface area (Å²) in [7, 11) is -4.41. The first kappa shape index (κ1) is 12.3. The van der Waals surface area contributed by atoms with E-state index in [0.29, 0.717) is 0 Å². The minimum absolute atomic E-state index is 0. The average molecular weight is 196 g/mol. The molecule has 0 aliphatic heterocycles. The van der Waals surface area contributed by atoms with Gasteiger partial charge in [0.15, 0.2) is 0 Å². The van der Waals surface area contributed by atoms with Crippen LogP contribution in [0.2, 0.25) is 0 Å². The minimum Gasteiger partial charge on any atom is -0.872 e. The van der Waals surface area contributed by atoms with E-state index in [-0.39, 0.29) is 18.9 Å². The van der Waals surface area contributed by atoms with E-state index in [2.05, 4.69) is 0 Å². The van der Waals surface area contributed by atoms with Gasteiger partial charge in [-0.25, -0.2) is 0 Å². The van der Waals surface area contributed by atoms with Crippen molar-refractivity contribution in [3.63, 3.8) is 0 Å². The second-order valence-corrected chi connectivity index (χ2v) is 3.56. The summed E-state index contributed by atoms with van der Waals surface area (Å²) in [6.07, 6.45) is 0. The van der Waals surface area contributed by atoms with E-state index in [1.807, 2.05) is 0 Å². The summed E-state index contributed by atoms with van der Waals surface area (Å²) in [6.45, 7) is 0. The van der Waals surface area contributed by atoms with Crippen molar-refractivity contribution in [1.82, 2.24) is 0 Å². The first-order valence-electron chi connectivity index (χ1n) is 2.88. The van der Waals surface area contributed by atoms with Crippen LogP contribution in [0.15, 0.2) is 23.1 Å². The van der Waals surface area contributed by atoms with Crippen molar-refractivity contribution in [1.29, 1.82) is 0 Å². The molecule has 0 saturated heterocycles. The van der Waals surface area contributed by atoms with Crippen molar-refractivity contribution in [3.05, 3.63) is 18.2 Å². The molecule has 0 atom stereocenters. The Morgan fingerprint density at radius 3 is 2.15 bits per heavy atom. The molecule has 2 N–H and O–H groups in total. The molecule has 0 saturated carbocycles. The fourth-order valence-corrected chi connectivity index (χ4v) is 1.24. The molecule has 0 spiro atoms. The van der Waals surface area contributed by atoms with Crippen molar-refractivity contribution >= 4 is 10.1 Å². The van der Waals surface area contributed by atoms with Gasteiger partial charge in [0.1, 0.15) is 5.75 Å². The van der Waals surface area contributed by atoms with Gasteiger partial charge in [-0.1, -0.05) is 0 Å². The average Bonchev–Trinajstić information content (AvgIpc) is 1.82. The molecule has 0 fully saturated rings. The zero-order valence-corrected chi connectivity index (χ0v) is 7.58. The number of hydrogen-bond donors (Lipinski definition) is 2.